The number of hydrogen-bond donors (Lipinski definition) is 0. The van der Waals surface area contributed by atoms with Crippen molar-refractivity contribution in [3.8, 4) is 11.8 Å². The Kier molecular flexibility index (Phi) is 6.38. The molecule has 10 heavy (non-hydrogen) atoms. The lowest BCUT2D eigenvalue weighted by Gasteiger charge is -2.05. The van der Waals surface area contributed by atoms with Crippen molar-refractivity contribution in [2.45, 2.75) is 46.5 Å². The number of rotatable bonds is 4. The van der Waals surface area contributed by atoms with E-state index in [0.29, 0.717) is 0 Å². The van der Waals surface area contributed by atoms with E-state index >= 15 is 0 Å². The van der Waals surface area contributed by atoms with Crippen LogP contribution >= 0.6 is 0 Å². The summed E-state index contributed by atoms with van der Waals surface area (Å²) in [7, 11) is 0. The summed E-state index contributed by atoms with van der Waals surface area (Å²) in [6.45, 7) is 6.45. The van der Waals surface area contributed by atoms with Gasteiger partial charge in [-0.2, -0.15) is 0 Å². The smallest absolute Gasteiger partial charge is 0.00911 e. The van der Waals surface area contributed by atoms with Gasteiger partial charge in [0.25, 0.3) is 0 Å². The van der Waals surface area contributed by atoms with Crippen LogP contribution in [0.1, 0.15) is 46.5 Å². The lowest BCUT2D eigenvalue weighted by molar-refractivity contribution is 0.494. The van der Waals surface area contributed by atoms with E-state index in [0.717, 1.165) is 12.3 Å². The van der Waals surface area contributed by atoms with Crippen molar-refractivity contribution >= 4 is 0 Å². The summed E-state index contributed by atoms with van der Waals surface area (Å²) in [5, 5.41) is 0. The van der Waals surface area contributed by atoms with E-state index in [2.05, 4.69) is 25.7 Å². The van der Waals surface area contributed by atoms with Crippen LogP contribution in [0.5, 0.6) is 0 Å². The summed E-state index contributed by atoms with van der Waals surface area (Å²) in [6.07, 6.45) is 5.01. The highest BCUT2D eigenvalue weighted by molar-refractivity contribution is 4.94. The van der Waals surface area contributed by atoms with Gasteiger partial charge in [0.15, 0.2) is 0 Å². The second kappa shape index (κ2) is 6.68. The van der Waals surface area contributed by atoms with E-state index in [1.165, 1.54) is 19.3 Å². The van der Waals surface area contributed by atoms with E-state index in [-0.39, 0.29) is 0 Å². The molecule has 0 saturated carbocycles. The zero-order chi connectivity index (χ0) is 7.82. The van der Waals surface area contributed by atoms with Gasteiger partial charge in [0.2, 0.25) is 0 Å². The molecule has 0 radical (unpaired) electrons. The van der Waals surface area contributed by atoms with Gasteiger partial charge in [-0.05, 0) is 19.3 Å². The normalized spacial score (nSPS) is 11.9. The second-order valence-electron chi connectivity index (χ2n) is 2.86. The molecule has 0 unspecified atom stereocenters. The van der Waals surface area contributed by atoms with Crippen LogP contribution in [0.4, 0.5) is 0 Å². The van der Waals surface area contributed by atoms with Crippen molar-refractivity contribution in [3.63, 3.8) is 0 Å². The molecule has 0 aliphatic heterocycles. The highest BCUT2D eigenvalue weighted by Crippen LogP contribution is 2.10. The molecule has 0 heteroatoms. The van der Waals surface area contributed by atoms with Gasteiger partial charge in [-0.25, -0.2) is 0 Å². The Labute approximate surface area is 65.0 Å². The van der Waals surface area contributed by atoms with Gasteiger partial charge in [-0.3, -0.25) is 0 Å². The third kappa shape index (κ3) is 5.69. The zero-order valence-electron chi connectivity index (χ0n) is 7.41. The molecule has 0 aliphatic carbocycles. The minimum atomic E-state index is 0.867. The fraction of sp³-hybridized carbons (Fsp3) is 0.800. The van der Waals surface area contributed by atoms with Gasteiger partial charge >= 0.3 is 0 Å². The van der Waals surface area contributed by atoms with Crippen molar-refractivity contribution in [1.29, 1.82) is 0 Å². The molecule has 0 aromatic rings. The van der Waals surface area contributed by atoms with E-state index in [9.17, 15) is 0 Å². The van der Waals surface area contributed by atoms with Crippen LogP contribution in [-0.2, 0) is 0 Å². The first-order valence-electron chi connectivity index (χ1n) is 4.20. The molecule has 0 bridgehead atoms. The third-order valence-electron chi connectivity index (χ3n) is 1.72. The zero-order valence-corrected chi connectivity index (χ0v) is 7.41. The first-order chi connectivity index (χ1) is 4.81. The quantitative estimate of drug-likeness (QED) is 0.523. The maximum absolute atomic E-state index is 3.09. The van der Waals surface area contributed by atoms with Crippen molar-refractivity contribution in [1.82, 2.24) is 0 Å². The molecule has 0 aromatic heterocycles. The Balaban J connectivity index is 3.18. The van der Waals surface area contributed by atoms with Crippen LogP contribution < -0.4 is 0 Å². The van der Waals surface area contributed by atoms with E-state index in [1.54, 1.807) is 0 Å². The molecule has 0 heterocycles. The molecule has 0 aromatic carbocycles. The Bertz CT molecular complexity index is 114. The predicted molar refractivity (Wildman–Crippen MR) is 46.8 cm³/mol. The minimum absolute atomic E-state index is 0.867. The molecule has 0 fully saturated rings. The Morgan fingerprint density at radius 2 is 2.00 bits per heavy atom. The first kappa shape index (κ1) is 9.56. The molecule has 0 aliphatic rings. The van der Waals surface area contributed by atoms with Gasteiger partial charge in [0.1, 0.15) is 0 Å². The van der Waals surface area contributed by atoms with Crippen LogP contribution in [0, 0.1) is 17.8 Å². The van der Waals surface area contributed by atoms with Crippen LogP contribution in [0.3, 0.4) is 0 Å². The summed E-state index contributed by atoms with van der Waals surface area (Å²) in [5.41, 5.74) is 0. The van der Waals surface area contributed by atoms with Crippen LogP contribution in [-0.4, -0.2) is 0 Å². The fourth-order valence-corrected chi connectivity index (χ4v) is 1.08. The molecule has 0 spiro atoms. The lowest BCUT2D eigenvalue weighted by Crippen LogP contribution is -1.91. The molecule has 0 N–H and O–H groups in total. The lowest BCUT2D eigenvalue weighted by atomic mass is 10.0. The molecule has 0 nitrogen and oxygen atoms in total. The highest BCUT2D eigenvalue weighted by atomic mass is 14.0. The van der Waals surface area contributed by atoms with Gasteiger partial charge < -0.3 is 0 Å². The maximum atomic E-state index is 3.09. The molecule has 1 atom stereocenters. The first-order valence-corrected chi connectivity index (χ1v) is 4.20. The highest BCUT2D eigenvalue weighted by Gasteiger charge is 1.97. The topological polar surface area (TPSA) is 0 Å². The van der Waals surface area contributed by atoms with Gasteiger partial charge in [0, 0.05) is 6.42 Å². The average Bonchev–Trinajstić information content (AvgIpc) is 1.89. The summed E-state index contributed by atoms with van der Waals surface area (Å²) in [5.74, 6) is 6.87. The van der Waals surface area contributed by atoms with Crippen molar-refractivity contribution in [2.24, 2.45) is 5.92 Å². The van der Waals surface area contributed by atoms with Crippen LogP contribution in [0.2, 0.25) is 0 Å². The SMILES string of the molecule is CC#CCC[C@@H](C)CCC. The standard InChI is InChI=1S/C10H18/c1-4-6-7-9-10(3)8-5-2/h10H,5,7-9H2,1-3H3/t10-/m0/s1. The van der Waals surface area contributed by atoms with Gasteiger partial charge in [-0.15, -0.1) is 11.8 Å². The summed E-state index contributed by atoms with van der Waals surface area (Å²) in [4.78, 5) is 0. The summed E-state index contributed by atoms with van der Waals surface area (Å²) >= 11 is 0. The fourth-order valence-electron chi connectivity index (χ4n) is 1.08. The molecule has 0 rings (SSSR count). The van der Waals surface area contributed by atoms with E-state index in [1.807, 2.05) is 6.92 Å². The third-order valence-corrected chi connectivity index (χ3v) is 1.72. The predicted octanol–water partition coefficient (Wildman–Crippen LogP) is 3.23. The molecule has 0 saturated heterocycles. The van der Waals surface area contributed by atoms with E-state index < -0.39 is 0 Å². The van der Waals surface area contributed by atoms with Crippen molar-refractivity contribution in [3.05, 3.63) is 0 Å². The molecular weight excluding hydrogens is 120 g/mol. The summed E-state index contributed by atoms with van der Waals surface area (Å²) in [6, 6.07) is 0. The van der Waals surface area contributed by atoms with Crippen LogP contribution in [0.15, 0.2) is 0 Å². The Hall–Kier alpha value is -0.440. The van der Waals surface area contributed by atoms with Crippen LogP contribution in [0.25, 0.3) is 0 Å². The average molecular weight is 138 g/mol. The van der Waals surface area contributed by atoms with Gasteiger partial charge in [0.05, 0.1) is 0 Å². The van der Waals surface area contributed by atoms with Gasteiger partial charge in [-0.1, -0.05) is 26.7 Å². The monoisotopic (exact) mass is 138 g/mol. The van der Waals surface area contributed by atoms with Crippen molar-refractivity contribution < 1.29 is 0 Å². The second-order valence-corrected chi connectivity index (χ2v) is 2.86. The van der Waals surface area contributed by atoms with E-state index in [4.69, 9.17) is 0 Å². The Morgan fingerprint density at radius 1 is 1.30 bits per heavy atom. The minimum Gasteiger partial charge on any atom is -0.107 e. The number of hydrogen-bond acceptors (Lipinski definition) is 0. The molecule has 0 amide bonds. The molecular formula is C10H18. The largest absolute Gasteiger partial charge is 0.107 e. The Morgan fingerprint density at radius 3 is 2.50 bits per heavy atom. The van der Waals surface area contributed by atoms with Crippen molar-refractivity contribution in [2.75, 3.05) is 0 Å². The maximum Gasteiger partial charge on any atom is 0.00911 e. The summed E-state index contributed by atoms with van der Waals surface area (Å²) < 4.78 is 0. The molecule has 58 valence electrons.